The molecule has 0 aromatic rings. The minimum atomic E-state index is -4.15. The molecule has 1 atom stereocenters. The Balaban J connectivity index is 2.34. The molecule has 108 valence electrons. The molecule has 0 aliphatic heterocycles. The molecule has 1 aliphatic carbocycles. The number of halogens is 3. The monoisotopic (exact) mass is 266 g/mol. The van der Waals surface area contributed by atoms with Crippen LogP contribution in [0, 0.1) is 17.3 Å². The van der Waals surface area contributed by atoms with Gasteiger partial charge in [0.1, 0.15) is 0 Å². The fraction of sp³-hybridized carbons (Fsp3) is 1.00. The van der Waals surface area contributed by atoms with E-state index in [1.54, 1.807) is 0 Å². The van der Waals surface area contributed by atoms with Gasteiger partial charge in [-0.05, 0) is 49.4 Å². The Bertz CT molecular complexity index is 247. The minimum absolute atomic E-state index is 0.0611. The summed E-state index contributed by atoms with van der Waals surface area (Å²) in [4.78, 5) is 0. The van der Waals surface area contributed by atoms with Crippen LogP contribution in [0.3, 0.4) is 0 Å². The van der Waals surface area contributed by atoms with Crippen LogP contribution in [0.5, 0.6) is 0 Å². The molecule has 0 amide bonds. The van der Waals surface area contributed by atoms with Gasteiger partial charge in [-0.15, -0.1) is 0 Å². The summed E-state index contributed by atoms with van der Waals surface area (Å²) in [5.74, 6) is 0.689. The van der Waals surface area contributed by atoms with Crippen LogP contribution < -0.4 is 0 Å². The van der Waals surface area contributed by atoms with E-state index in [4.69, 9.17) is 0 Å². The molecular weight excluding hydrogens is 241 g/mol. The van der Waals surface area contributed by atoms with Crippen molar-refractivity contribution >= 4 is 0 Å². The predicted molar refractivity (Wildman–Crippen MR) is 66.2 cm³/mol. The lowest BCUT2D eigenvalue weighted by Crippen LogP contribution is -2.31. The topological polar surface area (TPSA) is 20.2 Å². The van der Waals surface area contributed by atoms with Crippen molar-refractivity contribution in [2.24, 2.45) is 17.3 Å². The highest BCUT2D eigenvalue weighted by Crippen LogP contribution is 2.41. The Morgan fingerprint density at radius 1 is 1.06 bits per heavy atom. The smallest absolute Gasteiger partial charge is 0.389 e. The van der Waals surface area contributed by atoms with Crippen LogP contribution in [0.1, 0.15) is 59.3 Å². The average molecular weight is 266 g/mol. The molecule has 18 heavy (non-hydrogen) atoms. The van der Waals surface area contributed by atoms with Crippen LogP contribution >= 0.6 is 0 Å². The largest absolute Gasteiger partial charge is 0.393 e. The van der Waals surface area contributed by atoms with Gasteiger partial charge in [0.2, 0.25) is 0 Å². The molecule has 0 bridgehead atoms. The molecule has 1 fully saturated rings. The van der Waals surface area contributed by atoms with Crippen molar-refractivity contribution in [3.05, 3.63) is 0 Å². The third-order valence-corrected chi connectivity index (χ3v) is 4.26. The van der Waals surface area contributed by atoms with Gasteiger partial charge in [-0.1, -0.05) is 20.8 Å². The van der Waals surface area contributed by atoms with E-state index in [0.717, 1.165) is 25.7 Å². The van der Waals surface area contributed by atoms with Gasteiger partial charge < -0.3 is 5.11 Å². The summed E-state index contributed by atoms with van der Waals surface area (Å²) in [6.45, 7) is 6.62. The van der Waals surface area contributed by atoms with Crippen molar-refractivity contribution in [1.82, 2.24) is 0 Å². The van der Waals surface area contributed by atoms with Crippen LogP contribution in [0.15, 0.2) is 0 Å². The molecule has 0 radical (unpaired) electrons. The third-order valence-electron chi connectivity index (χ3n) is 4.26. The molecule has 4 heteroatoms. The lowest BCUT2D eigenvalue weighted by molar-refractivity contribution is -0.142. The number of alkyl halides is 3. The van der Waals surface area contributed by atoms with Gasteiger partial charge >= 0.3 is 6.18 Å². The SMILES string of the molecule is CC(C)(C)C1CCC(C(O)CCC(F)(F)F)CC1. The first-order valence-electron chi connectivity index (χ1n) is 6.84. The van der Waals surface area contributed by atoms with E-state index in [2.05, 4.69) is 20.8 Å². The average Bonchev–Trinajstić information content (AvgIpc) is 2.24. The zero-order chi connectivity index (χ0) is 14.0. The van der Waals surface area contributed by atoms with Crippen molar-refractivity contribution < 1.29 is 18.3 Å². The van der Waals surface area contributed by atoms with Gasteiger partial charge in [0.15, 0.2) is 0 Å². The van der Waals surface area contributed by atoms with Gasteiger partial charge in [0, 0.05) is 6.42 Å². The number of hydrogen-bond donors (Lipinski definition) is 1. The molecule has 1 saturated carbocycles. The summed E-state index contributed by atoms with van der Waals surface area (Å²) in [7, 11) is 0. The Hall–Kier alpha value is -0.250. The van der Waals surface area contributed by atoms with E-state index in [-0.39, 0.29) is 17.8 Å². The first-order valence-corrected chi connectivity index (χ1v) is 6.84. The molecule has 0 aromatic carbocycles. The number of hydrogen-bond acceptors (Lipinski definition) is 1. The van der Waals surface area contributed by atoms with Gasteiger partial charge in [-0.25, -0.2) is 0 Å². The molecule has 0 aromatic heterocycles. The molecule has 0 spiro atoms. The Kier molecular flexibility index (Phi) is 5.10. The summed E-state index contributed by atoms with van der Waals surface area (Å²) >= 11 is 0. The van der Waals surface area contributed by atoms with Crippen molar-refractivity contribution in [2.75, 3.05) is 0 Å². The third kappa shape index (κ3) is 5.17. The maximum Gasteiger partial charge on any atom is 0.389 e. The van der Waals surface area contributed by atoms with Crippen LogP contribution in [-0.2, 0) is 0 Å². The zero-order valence-electron chi connectivity index (χ0n) is 11.6. The van der Waals surface area contributed by atoms with E-state index in [1.807, 2.05) is 0 Å². The number of rotatable bonds is 3. The maximum atomic E-state index is 12.1. The lowest BCUT2D eigenvalue weighted by Gasteiger charge is -2.38. The molecule has 1 N–H and O–H groups in total. The summed E-state index contributed by atoms with van der Waals surface area (Å²) < 4.78 is 36.3. The van der Waals surface area contributed by atoms with E-state index in [9.17, 15) is 18.3 Å². The Morgan fingerprint density at radius 2 is 1.56 bits per heavy atom. The van der Waals surface area contributed by atoms with Gasteiger partial charge in [0.05, 0.1) is 6.10 Å². The van der Waals surface area contributed by atoms with Crippen molar-refractivity contribution in [2.45, 2.75) is 71.6 Å². The second kappa shape index (κ2) is 5.81. The van der Waals surface area contributed by atoms with Crippen LogP contribution in [0.25, 0.3) is 0 Å². The lowest BCUT2D eigenvalue weighted by atomic mass is 9.68. The highest BCUT2D eigenvalue weighted by Gasteiger charge is 2.34. The zero-order valence-corrected chi connectivity index (χ0v) is 11.6. The normalized spacial score (nSPS) is 28.2. The van der Waals surface area contributed by atoms with Crippen molar-refractivity contribution in [1.29, 1.82) is 0 Å². The molecule has 1 unspecified atom stereocenters. The van der Waals surface area contributed by atoms with Crippen molar-refractivity contribution in [3.63, 3.8) is 0 Å². The summed E-state index contributed by atoms with van der Waals surface area (Å²) in [6, 6.07) is 0. The molecule has 1 aliphatic rings. The minimum Gasteiger partial charge on any atom is -0.393 e. The van der Waals surface area contributed by atoms with Gasteiger partial charge in [0.25, 0.3) is 0 Å². The first kappa shape index (κ1) is 15.8. The summed E-state index contributed by atoms with van der Waals surface area (Å²) in [5, 5.41) is 9.83. The van der Waals surface area contributed by atoms with Crippen molar-refractivity contribution in [3.8, 4) is 0 Å². The standard InChI is InChI=1S/C14H25F3O/c1-13(2,3)11-6-4-10(5-7-11)12(18)8-9-14(15,16)17/h10-12,18H,4-9H2,1-3H3. The van der Waals surface area contributed by atoms with Crippen LogP contribution in [-0.4, -0.2) is 17.4 Å². The molecule has 1 rings (SSSR count). The summed E-state index contributed by atoms with van der Waals surface area (Å²) in [6.07, 6.45) is -2.17. The molecule has 1 nitrogen and oxygen atoms in total. The van der Waals surface area contributed by atoms with E-state index >= 15 is 0 Å². The second-order valence-corrected chi connectivity index (χ2v) is 6.70. The fourth-order valence-electron chi connectivity index (χ4n) is 2.92. The first-order chi connectivity index (χ1) is 8.09. The Labute approximate surface area is 108 Å². The highest BCUT2D eigenvalue weighted by atomic mass is 19.4. The second-order valence-electron chi connectivity index (χ2n) is 6.70. The Morgan fingerprint density at radius 3 is 1.94 bits per heavy atom. The molecule has 0 saturated heterocycles. The van der Waals surface area contributed by atoms with Gasteiger partial charge in [-0.3, -0.25) is 0 Å². The maximum absolute atomic E-state index is 12.1. The number of aliphatic hydroxyl groups excluding tert-OH is 1. The van der Waals surface area contributed by atoms with E-state index in [1.165, 1.54) is 0 Å². The number of aliphatic hydroxyl groups is 1. The predicted octanol–water partition coefficient (Wildman–Crippen LogP) is 4.54. The molecule has 0 heterocycles. The summed E-state index contributed by atoms with van der Waals surface area (Å²) in [5.41, 5.74) is 0.266. The van der Waals surface area contributed by atoms with Crippen LogP contribution in [0.2, 0.25) is 0 Å². The van der Waals surface area contributed by atoms with E-state index in [0.29, 0.717) is 5.92 Å². The molecular formula is C14H25F3O. The fourth-order valence-corrected chi connectivity index (χ4v) is 2.92. The van der Waals surface area contributed by atoms with E-state index < -0.39 is 18.7 Å². The quantitative estimate of drug-likeness (QED) is 0.795. The van der Waals surface area contributed by atoms with Gasteiger partial charge in [-0.2, -0.15) is 13.2 Å². The van der Waals surface area contributed by atoms with Crippen LogP contribution in [0.4, 0.5) is 13.2 Å². The highest BCUT2D eigenvalue weighted by molar-refractivity contribution is 4.83.